The number of hydrogen-bond donors (Lipinski definition) is 2. The molecule has 94 valence electrons. The van der Waals surface area contributed by atoms with Crippen molar-refractivity contribution in [1.82, 2.24) is 10.6 Å². The van der Waals surface area contributed by atoms with Crippen molar-refractivity contribution in [2.75, 3.05) is 13.6 Å². The van der Waals surface area contributed by atoms with Gasteiger partial charge in [0.1, 0.15) is 0 Å². The third-order valence-electron chi connectivity index (χ3n) is 2.40. The van der Waals surface area contributed by atoms with Crippen LogP contribution in [-0.4, -0.2) is 19.6 Å². The highest BCUT2D eigenvalue weighted by molar-refractivity contribution is 6.30. The van der Waals surface area contributed by atoms with Gasteiger partial charge in [-0.1, -0.05) is 37.1 Å². The summed E-state index contributed by atoms with van der Waals surface area (Å²) in [5.41, 5.74) is 1.15. The van der Waals surface area contributed by atoms with Crippen LogP contribution < -0.4 is 10.6 Å². The highest BCUT2D eigenvalue weighted by atomic mass is 35.5. The van der Waals surface area contributed by atoms with Crippen molar-refractivity contribution in [3.8, 4) is 0 Å². The molecule has 0 spiro atoms. The summed E-state index contributed by atoms with van der Waals surface area (Å²) in [6.45, 7) is 3.85. The van der Waals surface area contributed by atoms with Gasteiger partial charge >= 0.3 is 0 Å². The molecule has 4 heteroatoms. The first kappa shape index (κ1) is 13.8. The Balaban J connectivity index is 2.37. The van der Waals surface area contributed by atoms with Crippen LogP contribution in [0.5, 0.6) is 0 Å². The number of guanidine groups is 1. The predicted octanol–water partition coefficient (Wildman–Crippen LogP) is 2.81. The molecule has 1 aromatic rings. The Bertz CT molecular complexity index is 363. The molecule has 0 saturated carbocycles. The molecule has 0 radical (unpaired) electrons. The molecule has 0 heterocycles. The van der Waals surface area contributed by atoms with Gasteiger partial charge in [0.2, 0.25) is 0 Å². The van der Waals surface area contributed by atoms with Crippen molar-refractivity contribution in [1.29, 1.82) is 0 Å². The van der Waals surface area contributed by atoms with Crippen molar-refractivity contribution in [3.05, 3.63) is 34.9 Å². The van der Waals surface area contributed by atoms with Crippen LogP contribution in [-0.2, 0) is 6.54 Å². The second kappa shape index (κ2) is 7.96. The van der Waals surface area contributed by atoms with Crippen molar-refractivity contribution in [3.63, 3.8) is 0 Å². The lowest BCUT2D eigenvalue weighted by Gasteiger charge is -2.11. The molecule has 0 aliphatic rings. The maximum absolute atomic E-state index is 5.92. The third kappa shape index (κ3) is 5.59. The van der Waals surface area contributed by atoms with E-state index >= 15 is 0 Å². The lowest BCUT2D eigenvalue weighted by Crippen LogP contribution is -2.37. The van der Waals surface area contributed by atoms with Crippen molar-refractivity contribution in [2.24, 2.45) is 4.99 Å². The summed E-state index contributed by atoms with van der Waals surface area (Å²) >= 11 is 5.92. The number of aliphatic imine (C=N–C) groups is 1. The molecule has 0 fully saturated rings. The fourth-order valence-corrected chi connectivity index (χ4v) is 1.65. The molecular formula is C13H20ClN3. The smallest absolute Gasteiger partial charge is 0.191 e. The van der Waals surface area contributed by atoms with Crippen molar-refractivity contribution >= 4 is 17.6 Å². The standard InChI is InChI=1S/C13H20ClN3/c1-3-4-8-16-13(15-2)17-10-11-6-5-7-12(14)9-11/h5-7,9H,3-4,8,10H2,1-2H3,(H2,15,16,17). The van der Waals surface area contributed by atoms with Crippen LogP contribution in [0.4, 0.5) is 0 Å². The monoisotopic (exact) mass is 253 g/mol. The van der Waals surface area contributed by atoms with E-state index in [2.05, 4.69) is 22.5 Å². The number of nitrogens with zero attached hydrogens (tertiary/aromatic N) is 1. The van der Waals surface area contributed by atoms with E-state index in [4.69, 9.17) is 11.6 Å². The molecular weight excluding hydrogens is 234 g/mol. The molecule has 17 heavy (non-hydrogen) atoms. The zero-order valence-corrected chi connectivity index (χ0v) is 11.2. The molecule has 0 aliphatic heterocycles. The lowest BCUT2D eigenvalue weighted by molar-refractivity contribution is 0.729. The molecule has 0 saturated heterocycles. The van der Waals surface area contributed by atoms with Gasteiger partial charge < -0.3 is 10.6 Å². The van der Waals surface area contributed by atoms with E-state index in [0.717, 1.165) is 36.1 Å². The summed E-state index contributed by atoms with van der Waals surface area (Å²) in [6.07, 6.45) is 2.33. The van der Waals surface area contributed by atoms with E-state index in [9.17, 15) is 0 Å². The molecule has 0 aliphatic carbocycles. The van der Waals surface area contributed by atoms with Crippen LogP contribution in [0.2, 0.25) is 5.02 Å². The minimum atomic E-state index is 0.729. The van der Waals surface area contributed by atoms with E-state index in [1.165, 1.54) is 6.42 Å². The molecule has 0 unspecified atom stereocenters. The highest BCUT2D eigenvalue weighted by Crippen LogP contribution is 2.10. The van der Waals surface area contributed by atoms with Gasteiger partial charge in [0.05, 0.1) is 0 Å². The number of halogens is 1. The number of unbranched alkanes of at least 4 members (excludes halogenated alkanes) is 1. The second-order valence-electron chi connectivity index (χ2n) is 3.84. The molecule has 1 aromatic carbocycles. The Kier molecular flexibility index (Phi) is 6.48. The molecule has 1 rings (SSSR count). The Labute approximate surface area is 108 Å². The van der Waals surface area contributed by atoms with E-state index in [-0.39, 0.29) is 0 Å². The molecule has 0 atom stereocenters. The van der Waals surface area contributed by atoms with Gasteiger partial charge in [0, 0.05) is 25.2 Å². The Morgan fingerprint density at radius 2 is 2.18 bits per heavy atom. The van der Waals surface area contributed by atoms with Crippen LogP contribution in [0.1, 0.15) is 25.3 Å². The minimum Gasteiger partial charge on any atom is -0.356 e. The van der Waals surface area contributed by atoms with Gasteiger partial charge in [-0.05, 0) is 24.1 Å². The fraction of sp³-hybridized carbons (Fsp3) is 0.462. The first-order chi connectivity index (χ1) is 8.26. The normalized spacial score (nSPS) is 11.4. The highest BCUT2D eigenvalue weighted by Gasteiger charge is 1.98. The van der Waals surface area contributed by atoms with E-state index in [1.54, 1.807) is 7.05 Å². The fourth-order valence-electron chi connectivity index (χ4n) is 1.44. The first-order valence-corrected chi connectivity index (χ1v) is 6.33. The van der Waals surface area contributed by atoms with Crippen molar-refractivity contribution in [2.45, 2.75) is 26.3 Å². The Morgan fingerprint density at radius 3 is 2.82 bits per heavy atom. The number of benzene rings is 1. The second-order valence-corrected chi connectivity index (χ2v) is 4.27. The summed E-state index contributed by atoms with van der Waals surface area (Å²) in [6, 6.07) is 7.82. The number of rotatable bonds is 5. The van der Waals surface area contributed by atoms with Gasteiger partial charge in [-0.15, -0.1) is 0 Å². The van der Waals surface area contributed by atoms with Crippen LogP contribution >= 0.6 is 11.6 Å². The quantitative estimate of drug-likeness (QED) is 0.481. The predicted molar refractivity (Wildman–Crippen MR) is 74.6 cm³/mol. The average Bonchev–Trinajstić information content (AvgIpc) is 2.34. The molecule has 0 aromatic heterocycles. The average molecular weight is 254 g/mol. The number of nitrogens with one attached hydrogen (secondary N) is 2. The van der Waals surface area contributed by atoms with E-state index in [0.29, 0.717) is 0 Å². The van der Waals surface area contributed by atoms with Crippen LogP contribution in [0.25, 0.3) is 0 Å². The summed E-state index contributed by atoms with van der Waals surface area (Å²) in [4.78, 5) is 4.16. The zero-order chi connectivity index (χ0) is 12.5. The molecule has 3 nitrogen and oxygen atoms in total. The summed E-state index contributed by atoms with van der Waals surface area (Å²) < 4.78 is 0. The van der Waals surface area contributed by atoms with Gasteiger partial charge in [0.15, 0.2) is 5.96 Å². The summed E-state index contributed by atoms with van der Waals surface area (Å²) in [5, 5.41) is 7.28. The first-order valence-electron chi connectivity index (χ1n) is 5.95. The van der Waals surface area contributed by atoms with E-state index < -0.39 is 0 Å². The lowest BCUT2D eigenvalue weighted by atomic mass is 10.2. The summed E-state index contributed by atoms with van der Waals surface area (Å²) in [5.74, 6) is 0.832. The minimum absolute atomic E-state index is 0.729. The largest absolute Gasteiger partial charge is 0.356 e. The third-order valence-corrected chi connectivity index (χ3v) is 2.63. The maximum atomic E-state index is 5.92. The number of hydrogen-bond acceptors (Lipinski definition) is 1. The van der Waals surface area contributed by atoms with Crippen molar-refractivity contribution < 1.29 is 0 Å². The Morgan fingerprint density at radius 1 is 1.35 bits per heavy atom. The zero-order valence-electron chi connectivity index (χ0n) is 10.5. The van der Waals surface area contributed by atoms with Crippen LogP contribution in [0, 0.1) is 0 Å². The molecule has 0 bridgehead atoms. The van der Waals surface area contributed by atoms with Gasteiger partial charge in [-0.25, -0.2) is 0 Å². The Hall–Kier alpha value is -1.22. The molecule has 2 N–H and O–H groups in total. The molecule has 0 amide bonds. The van der Waals surface area contributed by atoms with Gasteiger partial charge in [-0.3, -0.25) is 4.99 Å². The maximum Gasteiger partial charge on any atom is 0.191 e. The SMILES string of the molecule is CCCCNC(=NC)NCc1cccc(Cl)c1. The van der Waals surface area contributed by atoms with Crippen LogP contribution in [0.15, 0.2) is 29.3 Å². The topological polar surface area (TPSA) is 36.4 Å². The van der Waals surface area contributed by atoms with Gasteiger partial charge in [-0.2, -0.15) is 0 Å². The summed E-state index contributed by atoms with van der Waals surface area (Å²) in [7, 11) is 1.78. The van der Waals surface area contributed by atoms with Crippen LogP contribution in [0.3, 0.4) is 0 Å². The van der Waals surface area contributed by atoms with Gasteiger partial charge in [0.25, 0.3) is 0 Å². The van der Waals surface area contributed by atoms with E-state index in [1.807, 2.05) is 24.3 Å².